The zero-order valence-electron chi connectivity index (χ0n) is 21.8. The summed E-state index contributed by atoms with van der Waals surface area (Å²) in [5, 5.41) is 2.73. The lowest BCUT2D eigenvalue weighted by molar-refractivity contribution is -0.141. The number of carbonyl (C=O) groups is 2. The number of hydrogen-bond acceptors (Lipinski definition) is 4. The normalized spacial score (nSPS) is 14.7. The molecule has 1 N–H and O–H groups in total. The van der Waals surface area contributed by atoms with Crippen LogP contribution in [0, 0.1) is 0 Å². The summed E-state index contributed by atoms with van der Waals surface area (Å²) in [5.74, 6) is -0.346. The zero-order valence-corrected chi connectivity index (χ0v) is 22.6. The van der Waals surface area contributed by atoms with Crippen molar-refractivity contribution in [1.29, 1.82) is 0 Å². The van der Waals surface area contributed by atoms with Gasteiger partial charge in [0.25, 0.3) is 0 Å². The summed E-state index contributed by atoms with van der Waals surface area (Å²) in [6.45, 7) is 1.44. The molecule has 1 aliphatic rings. The molecule has 0 aromatic heterocycles. The first kappa shape index (κ1) is 27.5. The Morgan fingerprint density at radius 1 is 0.842 bits per heavy atom. The molecule has 0 bridgehead atoms. The van der Waals surface area contributed by atoms with Gasteiger partial charge in [0, 0.05) is 39.5 Å². The SMILES string of the molecule is CNC(=O)[C@H](Cc1ccccc1)N(Cc1ccccc1)C(=O)CCc1ccc(S(=O)(=O)N2CCCC2)cc1. The van der Waals surface area contributed by atoms with Crippen molar-refractivity contribution in [3.8, 4) is 0 Å². The number of likely N-dealkylation sites (N-methyl/N-ethyl adjacent to an activating group) is 1. The molecule has 1 aliphatic heterocycles. The molecule has 1 atom stereocenters. The third-order valence-electron chi connectivity index (χ3n) is 6.97. The van der Waals surface area contributed by atoms with Crippen molar-refractivity contribution in [3.05, 3.63) is 102 Å². The van der Waals surface area contributed by atoms with Crippen molar-refractivity contribution in [2.24, 2.45) is 0 Å². The molecule has 0 saturated carbocycles. The summed E-state index contributed by atoms with van der Waals surface area (Å²) in [7, 11) is -1.89. The van der Waals surface area contributed by atoms with Gasteiger partial charge >= 0.3 is 0 Å². The highest BCUT2D eigenvalue weighted by molar-refractivity contribution is 7.89. The lowest BCUT2D eigenvalue weighted by Gasteiger charge is -2.31. The quantitative estimate of drug-likeness (QED) is 0.406. The summed E-state index contributed by atoms with van der Waals surface area (Å²) in [4.78, 5) is 28.6. The van der Waals surface area contributed by atoms with Gasteiger partial charge in [-0.3, -0.25) is 9.59 Å². The number of aryl methyl sites for hydroxylation is 1. The third kappa shape index (κ3) is 6.88. The summed E-state index contributed by atoms with van der Waals surface area (Å²) < 4.78 is 27.2. The predicted molar refractivity (Wildman–Crippen MR) is 148 cm³/mol. The highest BCUT2D eigenvalue weighted by Gasteiger charge is 2.30. The van der Waals surface area contributed by atoms with Gasteiger partial charge in [-0.1, -0.05) is 72.8 Å². The van der Waals surface area contributed by atoms with Gasteiger partial charge in [0.05, 0.1) is 4.90 Å². The van der Waals surface area contributed by atoms with Gasteiger partial charge < -0.3 is 10.2 Å². The third-order valence-corrected chi connectivity index (χ3v) is 8.88. The van der Waals surface area contributed by atoms with Crippen LogP contribution in [-0.2, 0) is 39.0 Å². The van der Waals surface area contributed by atoms with E-state index in [4.69, 9.17) is 0 Å². The van der Waals surface area contributed by atoms with Crippen LogP contribution in [0.4, 0.5) is 0 Å². The number of benzene rings is 3. The van der Waals surface area contributed by atoms with Crippen molar-refractivity contribution in [1.82, 2.24) is 14.5 Å². The van der Waals surface area contributed by atoms with E-state index in [0.717, 1.165) is 29.5 Å². The van der Waals surface area contributed by atoms with Crippen molar-refractivity contribution < 1.29 is 18.0 Å². The van der Waals surface area contributed by atoms with Crippen molar-refractivity contribution in [2.75, 3.05) is 20.1 Å². The van der Waals surface area contributed by atoms with E-state index < -0.39 is 16.1 Å². The Morgan fingerprint density at radius 3 is 2.00 bits per heavy atom. The second kappa shape index (κ2) is 12.8. The highest BCUT2D eigenvalue weighted by Crippen LogP contribution is 2.22. The molecule has 0 spiro atoms. The zero-order chi connectivity index (χ0) is 27.0. The van der Waals surface area contributed by atoms with E-state index in [9.17, 15) is 18.0 Å². The number of amides is 2. The van der Waals surface area contributed by atoms with Crippen LogP contribution in [0.25, 0.3) is 0 Å². The van der Waals surface area contributed by atoms with Crippen LogP contribution in [-0.4, -0.2) is 55.6 Å². The Bertz CT molecular complexity index is 1310. The van der Waals surface area contributed by atoms with E-state index in [1.54, 1.807) is 36.2 Å². The average Bonchev–Trinajstić information content (AvgIpc) is 3.51. The molecule has 38 heavy (non-hydrogen) atoms. The summed E-state index contributed by atoms with van der Waals surface area (Å²) in [5.41, 5.74) is 2.79. The topological polar surface area (TPSA) is 86.8 Å². The van der Waals surface area contributed by atoms with Crippen LogP contribution in [0.2, 0.25) is 0 Å². The van der Waals surface area contributed by atoms with Gasteiger partial charge in [0.1, 0.15) is 6.04 Å². The maximum absolute atomic E-state index is 13.6. The Morgan fingerprint density at radius 2 is 1.42 bits per heavy atom. The van der Waals surface area contributed by atoms with E-state index >= 15 is 0 Å². The molecule has 3 aromatic rings. The first-order valence-corrected chi connectivity index (χ1v) is 14.5. The van der Waals surface area contributed by atoms with Gasteiger partial charge in [-0.15, -0.1) is 0 Å². The lowest BCUT2D eigenvalue weighted by Crippen LogP contribution is -2.49. The molecule has 0 radical (unpaired) electrons. The predicted octanol–water partition coefficient (Wildman–Crippen LogP) is 3.79. The van der Waals surface area contributed by atoms with E-state index in [1.165, 1.54) is 4.31 Å². The van der Waals surface area contributed by atoms with Crippen molar-refractivity contribution >= 4 is 21.8 Å². The maximum atomic E-state index is 13.6. The van der Waals surface area contributed by atoms with Gasteiger partial charge in [-0.05, 0) is 48.1 Å². The molecule has 1 saturated heterocycles. The molecular formula is C30H35N3O4S. The molecule has 1 heterocycles. The van der Waals surface area contributed by atoms with Gasteiger partial charge in [0.15, 0.2) is 0 Å². The molecule has 0 aliphatic carbocycles. The average molecular weight is 534 g/mol. The van der Waals surface area contributed by atoms with Crippen LogP contribution >= 0.6 is 0 Å². The number of hydrogen-bond donors (Lipinski definition) is 1. The molecule has 4 rings (SSSR count). The van der Waals surface area contributed by atoms with Gasteiger partial charge in [-0.2, -0.15) is 4.31 Å². The molecule has 3 aromatic carbocycles. The summed E-state index contributed by atoms with van der Waals surface area (Å²) >= 11 is 0. The van der Waals surface area contributed by atoms with Crippen LogP contribution < -0.4 is 5.32 Å². The molecule has 200 valence electrons. The summed E-state index contributed by atoms with van der Waals surface area (Å²) in [6.07, 6.45) is 2.83. The number of carbonyl (C=O) groups excluding carboxylic acids is 2. The molecular weight excluding hydrogens is 498 g/mol. The Labute approximate surface area is 225 Å². The van der Waals surface area contributed by atoms with E-state index in [1.807, 2.05) is 60.7 Å². The number of nitrogens with zero attached hydrogens (tertiary/aromatic N) is 2. The Hall–Kier alpha value is -3.49. The lowest BCUT2D eigenvalue weighted by atomic mass is 10.0. The highest BCUT2D eigenvalue weighted by atomic mass is 32.2. The molecule has 0 unspecified atom stereocenters. The Kier molecular flexibility index (Phi) is 9.31. The van der Waals surface area contributed by atoms with Crippen LogP contribution in [0.15, 0.2) is 89.8 Å². The maximum Gasteiger partial charge on any atom is 0.243 e. The molecule has 2 amide bonds. The number of rotatable bonds is 11. The fraction of sp³-hybridized carbons (Fsp3) is 0.333. The standard InChI is InChI=1S/C30H35N3O4S/c1-31-30(35)28(22-25-10-4-2-5-11-25)33(23-26-12-6-3-7-13-26)29(34)19-16-24-14-17-27(18-15-24)38(36,37)32-20-8-9-21-32/h2-7,10-15,17-18,28H,8-9,16,19-23H2,1H3,(H,31,35)/t28-/m0/s1. The van der Waals surface area contributed by atoms with E-state index in [0.29, 0.717) is 32.5 Å². The van der Waals surface area contributed by atoms with Gasteiger partial charge in [-0.25, -0.2) is 8.42 Å². The smallest absolute Gasteiger partial charge is 0.243 e. The minimum atomic E-state index is -3.47. The Balaban J connectivity index is 1.50. The first-order valence-electron chi connectivity index (χ1n) is 13.1. The minimum absolute atomic E-state index is 0.132. The van der Waals surface area contributed by atoms with Crippen LogP contribution in [0.5, 0.6) is 0 Å². The van der Waals surface area contributed by atoms with Crippen molar-refractivity contribution in [2.45, 2.75) is 49.6 Å². The van der Waals surface area contributed by atoms with Gasteiger partial charge in [0.2, 0.25) is 21.8 Å². The molecule has 1 fully saturated rings. The second-order valence-corrected chi connectivity index (χ2v) is 11.5. The minimum Gasteiger partial charge on any atom is -0.357 e. The summed E-state index contributed by atoms with van der Waals surface area (Å²) in [6, 6.07) is 25.5. The fourth-order valence-electron chi connectivity index (χ4n) is 4.80. The number of nitrogens with one attached hydrogen (secondary N) is 1. The monoisotopic (exact) mass is 533 g/mol. The van der Waals surface area contributed by atoms with Crippen LogP contribution in [0.3, 0.4) is 0 Å². The van der Waals surface area contributed by atoms with E-state index in [2.05, 4.69) is 5.32 Å². The molecule has 7 nitrogen and oxygen atoms in total. The number of sulfonamides is 1. The first-order chi connectivity index (χ1) is 18.4. The molecule has 8 heteroatoms. The van der Waals surface area contributed by atoms with Crippen LogP contribution in [0.1, 0.15) is 36.0 Å². The largest absolute Gasteiger partial charge is 0.357 e. The van der Waals surface area contributed by atoms with Crippen molar-refractivity contribution in [3.63, 3.8) is 0 Å². The fourth-order valence-corrected chi connectivity index (χ4v) is 6.32. The second-order valence-electron chi connectivity index (χ2n) is 9.58. The van der Waals surface area contributed by atoms with E-state index in [-0.39, 0.29) is 23.1 Å².